The van der Waals surface area contributed by atoms with Crippen LogP contribution in [-0.2, 0) is 18.3 Å². The quantitative estimate of drug-likeness (QED) is 0.404. The van der Waals surface area contributed by atoms with Crippen molar-refractivity contribution in [1.82, 2.24) is 29.3 Å². The van der Waals surface area contributed by atoms with E-state index in [0.717, 1.165) is 27.9 Å². The van der Waals surface area contributed by atoms with Crippen molar-refractivity contribution in [3.05, 3.63) is 48.5 Å². The van der Waals surface area contributed by atoms with E-state index in [4.69, 9.17) is 20.4 Å². The number of anilines is 2. The van der Waals surface area contributed by atoms with Gasteiger partial charge in [-0.3, -0.25) is 4.68 Å². The number of amides is 1. The standard InChI is InChI=1S/C25H31N9O2/c1-16(2)34-15-28-21-22(27-12-17-6-4-5-7-20(17)18-13-29-32(3)14-18)30-25(31-23(21)34)33-10-8-19(9-11-33)36-24(26)35/h4-7,13-16,19H,8-12H2,1-3H3,(H2,26,35)(H,27,30,31). The van der Waals surface area contributed by atoms with Gasteiger partial charge in [-0.25, -0.2) is 9.78 Å². The molecular formula is C25H31N9O2. The van der Waals surface area contributed by atoms with Crippen molar-refractivity contribution in [2.45, 2.75) is 45.4 Å². The second-order valence-electron chi connectivity index (χ2n) is 9.33. The smallest absolute Gasteiger partial charge is 0.404 e. The number of nitrogens with zero attached hydrogens (tertiary/aromatic N) is 7. The first kappa shape index (κ1) is 23.6. The molecule has 1 aromatic carbocycles. The lowest BCUT2D eigenvalue weighted by Crippen LogP contribution is -2.39. The van der Waals surface area contributed by atoms with E-state index in [2.05, 4.69) is 50.8 Å². The van der Waals surface area contributed by atoms with Gasteiger partial charge >= 0.3 is 6.09 Å². The predicted molar refractivity (Wildman–Crippen MR) is 138 cm³/mol. The molecule has 0 spiro atoms. The lowest BCUT2D eigenvalue weighted by atomic mass is 10.0. The number of aromatic nitrogens is 6. The van der Waals surface area contributed by atoms with Gasteiger partial charge in [-0.05, 0) is 25.0 Å². The molecule has 36 heavy (non-hydrogen) atoms. The van der Waals surface area contributed by atoms with Crippen LogP contribution in [0.1, 0.15) is 38.3 Å². The number of carbonyl (C=O) groups excluding carboxylic acids is 1. The number of hydrogen-bond acceptors (Lipinski definition) is 8. The van der Waals surface area contributed by atoms with Gasteiger partial charge in [-0.2, -0.15) is 15.1 Å². The number of carbonyl (C=O) groups is 1. The summed E-state index contributed by atoms with van der Waals surface area (Å²) in [6.07, 6.45) is 6.14. The highest BCUT2D eigenvalue weighted by Crippen LogP contribution is 2.28. The Hall–Kier alpha value is -4.15. The fraction of sp³-hybridized carbons (Fsp3) is 0.400. The van der Waals surface area contributed by atoms with Gasteiger partial charge in [-0.1, -0.05) is 24.3 Å². The minimum atomic E-state index is -0.731. The Kier molecular flexibility index (Phi) is 6.45. The Balaban J connectivity index is 1.44. The minimum Gasteiger partial charge on any atom is -0.446 e. The van der Waals surface area contributed by atoms with Gasteiger partial charge in [0, 0.05) is 57.3 Å². The number of piperidine rings is 1. The number of rotatable bonds is 7. The third-order valence-corrected chi connectivity index (χ3v) is 6.45. The molecule has 3 aromatic heterocycles. The first-order chi connectivity index (χ1) is 17.4. The van der Waals surface area contributed by atoms with Crippen LogP contribution in [0.25, 0.3) is 22.3 Å². The van der Waals surface area contributed by atoms with Gasteiger partial charge in [-0.15, -0.1) is 0 Å². The average molecular weight is 490 g/mol. The van der Waals surface area contributed by atoms with Crippen LogP contribution < -0.4 is 16.0 Å². The van der Waals surface area contributed by atoms with E-state index in [1.807, 2.05) is 37.9 Å². The molecule has 0 radical (unpaired) electrons. The SMILES string of the molecule is CC(C)n1cnc2c(NCc3ccccc3-c3cnn(C)c3)nc(N3CCC(OC(N)=O)CC3)nc21. The number of fused-ring (bicyclic) bond motifs is 1. The molecule has 1 fully saturated rings. The fourth-order valence-electron chi connectivity index (χ4n) is 4.58. The van der Waals surface area contributed by atoms with Crippen molar-refractivity contribution >= 4 is 29.0 Å². The molecule has 0 aliphatic carbocycles. The molecule has 0 unspecified atom stereocenters. The maximum atomic E-state index is 11.1. The Morgan fingerprint density at radius 3 is 2.69 bits per heavy atom. The number of nitrogens with two attached hydrogens (primary N) is 1. The van der Waals surface area contributed by atoms with E-state index in [-0.39, 0.29) is 12.1 Å². The Morgan fingerprint density at radius 2 is 2.00 bits per heavy atom. The summed E-state index contributed by atoms with van der Waals surface area (Å²) in [6, 6.07) is 8.46. The molecule has 1 aliphatic rings. The summed E-state index contributed by atoms with van der Waals surface area (Å²) in [5, 5.41) is 7.84. The number of hydrogen-bond donors (Lipinski definition) is 2. The van der Waals surface area contributed by atoms with E-state index in [1.54, 1.807) is 4.68 Å². The molecule has 188 valence electrons. The normalized spacial score (nSPS) is 14.5. The van der Waals surface area contributed by atoms with Crippen LogP contribution in [0, 0.1) is 0 Å². The number of aryl methyl sites for hydroxylation is 1. The van der Waals surface area contributed by atoms with Crippen LogP contribution in [-0.4, -0.2) is 54.6 Å². The van der Waals surface area contributed by atoms with Crippen LogP contribution >= 0.6 is 0 Å². The van der Waals surface area contributed by atoms with Crippen molar-refractivity contribution in [3.63, 3.8) is 0 Å². The maximum absolute atomic E-state index is 11.1. The zero-order valence-electron chi connectivity index (χ0n) is 20.8. The topological polar surface area (TPSA) is 129 Å². The average Bonchev–Trinajstić information content (AvgIpc) is 3.49. The highest BCUT2D eigenvalue weighted by Gasteiger charge is 2.25. The molecule has 1 amide bonds. The van der Waals surface area contributed by atoms with Gasteiger partial charge in [0.05, 0.1) is 12.5 Å². The van der Waals surface area contributed by atoms with E-state index < -0.39 is 6.09 Å². The third kappa shape index (κ3) is 4.81. The second kappa shape index (κ2) is 9.84. The number of ether oxygens (including phenoxy) is 1. The number of benzene rings is 1. The second-order valence-corrected chi connectivity index (χ2v) is 9.33. The van der Waals surface area contributed by atoms with Gasteiger partial charge in [0.25, 0.3) is 0 Å². The lowest BCUT2D eigenvalue weighted by molar-refractivity contribution is 0.0911. The molecule has 0 saturated carbocycles. The molecule has 4 heterocycles. The van der Waals surface area contributed by atoms with E-state index in [9.17, 15) is 4.79 Å². The number of imidazole rings is 1. The molecule has 0 atom stereocenters. The van der Waals surface area contributed by atoms with Crippen molar-refractivity contribution in [2.75, 3.05) is 23.3 Å². The molecule has 3 N–H and O–H groups in total. The zero-order valence-corrected chi connectivity index (χ0v) is 20.8. The van der Waals surface area contributed by atoms with Crippen molar-refractivity contribution in [2.24, 2.45) is 12.8 Å². The summed E-state index contributed by atoms with van der Waals surface area (Å²) in [4.78, 5) is 27.6. The first-order valence-electron chi connectivity index (χ1n) is 12.2. The van der Waals surface area contributed by atoms with Crippen molar-refractivity contribution in [1.29, 1.82) is 0 Å². The van der Waals surface area contributed by atoms with E-state index >= 15 is 0 Å². The van der Waals surface area contributed by atoms with Gasteiger partial charge in [0.1, 0.15) is 6.10 Å². The van der Waals surface area contributed by atoms with Crippen LogP contribution in [0.4, 0.5) is 16.6 Å². The molecule has 5 rings (SSSR count). The minimum absolute atomic E-state index is 0.176. The highest BCUT2D eigenvalue weighted by molar-refractivity contribution is 5.84. The summed E-state index contributed by atoms with van der Waals surface area (Å²) in [6.45, 7) is 6.12. The van der Waals surface area contributed by atoms with Crippen molar-refractivity contribution < 1.29 is 9.53 Å². The van der Waals surface area contributed by atoms with Crippen LogP contribution in [0.5, 0.6) is 0 Å². The molecule has 1 saturated heterocycles. The molecule has 0 bridgehead atoms. The summed E-state index contributed by atoms with van der Waals surface area (Å²) in [7, 11) is 1.91. The zero-order chi connectivity index (χ0) is 25.2. The Morgan fingerprint density at radius 1 is 1.22 bits per heavy atom. The molecular weight excluding hydrogens is 458 g/mol. The highest BCUT2D eigenvalue weighted by atomic mass is 16.6. The van der Waals surface area contributed by atoms with E-state index in [0.29, 0.717) is 44.2 Å². The van der Waals surface area contributed by atoms with E-state index in [1.165, 1.54) is 0 Å². The first-order valence-corrected chi connectivity index (χ1v) is 12.2. The largest absolute Gasteiger partial charge is 0.446 e. The van der Waals surface area contributed by atoms with Crippen LogP contribution in [0.3, 0.4) is 0 Å². The van der Waals surface area contributed by atoms with Crippen molar-refractivity contribution in [3.8, 4) is 11.1 Å². The van der Waals surface area contributed by atoms with Gasteiger partial charge in [0.15, 0.2) is 17.0 Å². The van der Waals surface area contributed by atoms with Gasteiger partial charge < -0.3 is 25.3 Å². The molecule has 4 aromatic rings. The van der Waals surface area contributed by atoms with Crippen LogP contribution in [0.15, 0.2) is 43.0 Å². The Bertz CT molecular complexity index is 1370. The third-order valence-electron chi connectivity index (χ3n) is 6.45. The summed E-state index contributed by atoms with van der Waals surface area (Å²) in [5.41, 5.74) is 10.0. The molecule has 11 nitrogen and oxygen atoms in total. The molecule has 1 aliphatic heterocycles. The summed E-state index contributed by atoms with van der Waals surface area (Å²) >= 11 is 0. The number of primary amides is 1. The fourth-order valence-corrected chi connectivity index (χ4v) is 4.58. The summed E-state index contributed by atoms with van der Waals surface area (Å²) < 4.78 is 9.04. The van der Waals surface area contributed by atoms with Gasteiger partial charge in [0.2, 0.25) is 5.95 Å². The van der Waals surface area contributed by atoms with Crippen LogP contribution in [0.2, 0.25) is 0 Å². The Labute approximate surface area is 209 Å². The summed E-state index contributed by atoms with van der Waals surface area (Å²) in [5.74, 6) is 1.32. The number of nitrogens with one attached hydrogen (secondary N) is 1. The predicted octanol–water partition coefficient (Wildman–Crippen LogP) is 3.48. The molecule has 11 heteroatoms. The maximum Gasteiger partial charge on any atom is 0.404 e. The lowest BCUT2D eigenvalue weighted by Gasteiger charge is -2.31. The monoisotopic (exact) mass is 489 g/mol.